The quantitative estimate of drug-likeness (QED) is 0.217. The summed E-state index contributed by atoms with van der Waals surface area (Å²) in [6.07, 6.45) is 0. The molecule has 2 N–H and O–H groups in total. The van der Waals surface area contributed by atoms with Gasteiger partial charge in [0.25, 0.3) is 0 Å². The molecule has 0 aromatic carbocycles. The summed E-state index contributed by atoms with van der Waals surface area (Å²) < 4.78 is 68.2. The van der Waals surface area contributed by atoms with Gasteiger partial charge in [-0.1, -0.05) is 0 Å². The van der Waals surface area contributed by atoms with Crippen LogP contribution in [0.4, 0.5) is 0 Å². The predicted octanol–water partition coefficient (Wildman–Crippen LogP) is -6.50. The standard InChI is InChI=1S/Li.2H2O4S.H2O/c;2*1-5(2,3)4;/h;2*(H2,1,2,3,4);1H2/q+1;;;/p-4. The van der Waals surface area contributed by atoms with Crippen molar-refractivity contribution in [3.8, 4) is 0 Å². The van der Waals surface area contributed by atoms with Crippen molar-refractivity contribution in [1.29, 1.82) is 0 Å². The zero-order chi connectivity index (χ0) is 9.00. The third-order valence-electron chi connectivity index (χ3n) is 0. The maximum absolute atomic E-state index is 8.52. The van der Waals surface area contributed by atoms with Crippen LogP contribution in [-0.4, -0.2) is 40.5 Å². The molecule has 0 saturated heterocycles. The molecule has 0 heterocycles. The normalized spacial score (nSPS) is 9.67. The van der Waals surface area contributed by atoms with Crippen LogP contribution in [0.1, 0.15) is 0 Å². The van der Waals surface area contributed by atoms with Crippen molar-refractivity contribution in [2.75, 3.05) is 0 Å². The van der Waals surface area contributed by atoms with Crippen molar-refractivity contribution < 1.29 is 59.4 Å². The predicted molar refractivity (Wildman–Crippen MR) is 24.6 cm³/mol. The molecule has 0 fully saturated rings. The molecular formula is H2LiO9S2-3. The Labute approximate surface area is 80.4 Å². The van der Waals surface area contributed by atoms with E-state index < -0.39 is 20.8 Å². The van der Waals surface area contributed by atoms with Gasteiger partial charge in [0.2, 0.25) is 0 Å². The Bertz CT molecular complexity index is 209. The minimum atomic E-state index is -5.17. The van der Waals surface area contributed by atoms with E-state index >= 15 is 0 Å². The van der Waals surface area contributed by atoms with Crippen LogP contribution in [0.3, 0.4) is 0 Å². The molecule has 0 saturated carbocycles. The van der Waals surface area contributed by atoms with E-state index in [-0.39, 0.29) is 24.3 Å². The van der Waals surface area contributed by atoms with E-state index in [9.17, 15) is 0 Å². The van der Waals surface area contributed by atoms with Crippen molar-refractivity contribution in [1.82, 2.24) is 0 Å². The summed E-state index contributed by atoms with van der Waals surface area (Å²) in [5, 5.41) is 0. The van der Waals surface area contributed by atoms with Crippen LogP contribution < -0.4 is 18.9 Å². The maximum atomic E-state index is 8.52. The van der Waals surface area contributed by atoms with Gasteiger partial charge < -0.3 is 23.7 Å². The van der Waals surface area contributed by atoms with E-state index in [4.69, 9.17) is 35.0 Å². The van der Waals surface area contributed by atoms with Gasteiger partial charge in [0.05, 0.1) is 0 Å². The van der Waals surface area contributed by atoms with E-state index in [1.807, 2.05) is 0 Å². The molecule has 12 heavy (non-hydrogen) atoms. The minimum Gasteiger partial charge on any atom is -0.759 e. The van der Waals surface area contributed by atoms with Gasteiger partial charge >= 0.3 is 18.9 Å². The third kappa shape index (κ3) is 10100. The van der Waals surface area contributed by atoms with Crippen LogP contribution in [0.15, 0.2) is 0 Å². The zero-order valence-electron chi connectivity index (χ0n) is 5.58. The maximum Gasteiger partial charge on any atom is 1.00 e. The fraction of sp³-hybridized carbons (Fsp3) is 0. The van der Waals surface area contributed by atoms with Gasteiger partial charge in [-0.25, -0.2) is 0 Å². The minimum absolute atomic E-state index is 0. The Morgan fingerprint density at radius 3 is 0.667 bits per heavy atom. The first kappa shape index (κ1) is 22.8. The van der Waals surface area contributed by atoms with Crippen molar-refractivity contribution in [3.05, 3.63) is 0 Å². The van der Waals surface area contributed by atoms with E-state index in [0.717, 1.165) is 0 Å². The summed E-state index contributed by atoms with van der Waals surface area (Å²) in [7, 11) is -10.3. The SMILES string of the molecule is O.O=S(=O)([O-])[O-].O=S(=O)([O-])[O-].[Li+]. The Balaban J connectivity index is -0.0000000457. The molecule has 0 aliphatic carbocycles. The van der Waals surface area contributed by atoms with Gasteiger partial charge in [-0.05, 0) is 0 Å². The van der Waals surface area contributed by atoms with Gasteiger partial charge in [0, 0.05) is 20.8 Å². The molecule has 0 aliphatic rings. The van der Waals surface area contributed by atoms with E-state index in [2.05, 4.69) is 0 Å². The van der Waals surface area contributed by atoms with Crippen molar-refractivity contribution >= 4 is 20.8 Å². The molecule has 0 amide bonds. The van der Waals surface area contributed by atoms with Crippen molar-refractivity contribution in [2.24, 2.45) is 0 Å². The van der Waals surface area contributed by atoms with Crippen LogP contribution in [0.2, 0.25) is 0 Å². The second-order valence-electron chi connectivity index (χ2n) is 0.816. The molecule has 0 bridgehead atoms. The fourth-order valence-electron chi connectivity index (χ4n) is 0. The Morgan fingerprint density at radius 2 is 0.667 bits per heavy atom. The van der Waals surface area contributed by atoms with Gasteiger partial charge in [0.15, 0.2) is 0 Å². The first-order valence-corrected chi connectivity index (χ1v) is 4.00. The molecule has 72 valence electrons. The van der Waals surface area contributed by atoms with Crippen LogP contribution >= 0.6 is 0 Å². The van der Waals surface area contributed by atoms with E-state index in [1.54, 1.807) is 0 Å². The molecule has 0 aromatic rings. The molecule has 0 radical (unpaired) electrons. The molecule has 0 unspecified atom stereocenters. The summed E-state index contributed by atoms with van der Waals surface area (Å²) in [6, 6.07) is 0. The second kappa shape index (κ2) is 7.92. The molecule has 9 nitrogen and oxygen atoms in total. The first-order valence-electron chi connectivity index (χ1n) is 1.33. The number of hydrogen-bond donors (Lipinski definition) is 0. The van der Waals surface area contributed by atoms with Crippen LogP contribution in [0, 0.1) is 0 Å². The smallest absolute Gasteiger partial charge is 0.759 e. The molecule has 0 aromatic heterocycles. The van der Waals surface area contributed by atoms with Gasteiger partial charge in [0.1, 0.15) is 0 Å². The topological polar surface area (TPSA) is 192 Å². The summed E-state index contributed by atoms with van der Waals surface area (Å²) in [6.45, 7) is 0. The van der Waals surface area contributed by atoms with Crippen LogP contribution in [-0.2, 0) is 20.8 Å². The Morgan fingerprint density at radius 1 is 0.667 bits per heavy atom. The van der Waals surface area contributed by atoms with Gasteiger partial charge in [-0.3, -0.25) is 16.8 Å². The molecule has 12 heteroatoms. The summed E-state index contributed by atoms with van der Waals surface area (Å²) in [4.78, 5) is 0. The molecule has 0 atom stereocenters. The molecular weight excluding hydrogens is 215 g/mol. The summed E-state index contributed by atoms with van der Waals surface area (Å²) in [5.74, 6) is 0. The Kier molecular flexibility index (Phi) is 15.0. The zero-order valence-corrected chi connectivity index (χ0v) is 7.22. The molecule has 0 spiro atoms. The first-order chi connectivity index (χ1) is 4.00. The van der Waals surface area contributed by atoms with E-state index in [0.29, 0.717) is 0 Å². The third-order valence-corrected chi connectivity index (χ3v) is 0. The monoisotopic (exact) mass is 217 g/mol. The molecule has 0 rings (SSSR count). The molecule has 0 aliphatic heterocycles. The van der Waals surface area contributed by atoms with Gasteiger partial charge in [-0.15, -0.1) is 0 Å². The summed E-state index contributed by atoms with van der Waals surface area (Å²) >= 11 is 0. The average molecular weight is 217 g/mol. The summed E-state index contributed by atoms with van der Waals surface area (Å²) in [5.41, 5.74) is 0. The largest absolute Gasteiger partial charge is 1.00 e. The van der Waals surface area contributed by atoms with Crippen LogP contribution in [0.5, 0.6) is 0 Å². The van der Waals surface area contributed by atoms with Crippen molar-refractivity contribution in [3.63, 3.8) is 0 Å². The van der Waals surface area contributed by atoms with Gasteiger partial charge in [-0.2, -0.15) is 0 Å². The van der Waals surface area contributed by atoms with Crippen molar-refractivity contribution in [2.45, 2.75) is 0 Å². The fourth-order valence-corrected chi connectivity index (χ4v) is 0. The number of hydrogen-bond acceptors (Lipinski definition) is 8. The average Bonchev–Trinajstić information content (AvgIpc) is 1.12. The second-order valence-corrected chi connectivity index (χ2v) is 2.45. The Hall–Kier alpha value is 0.297. The van der Waals surface area contributed by atoms with E-state index in [1.165, 1.54) is 0 Å². The van der Waals surface area contributed by atoms with Crippen LogP contribution in [0.25, 0.3) is 0 Å². The number of rotatable bonds is 0.